The Morgan fingerprint density at radius 3 is 2.50 bits per heavy atom. The van der Waals surface area contributed by atoms with Crippen LogP contribution in [0.2, 0.25) is 0 Å². The van der Waals surface area contributed by atoms with E-state index >= 15 is 0 Å². The summed E-state index contributed by atoms with van der Waals surface area (Å²) in [7, 11) is 0. The molecule has 0 aromatic heterocycles. The highest BCUT2D eigenvalue weighted by molar-refractivity contribution is 6.26. The average Bonchev–Trinajstić information content (AvgIpc) is 2.40. The number of carbonyl (C=O) groups excluding carboxylic acids is 3. The molecule has 0 spiro atoms. The second-order valence-electron chi connectivity index (χ2n) is 4.23. The predicted molar refractivity (Wildman–Crippen MR) is 67.8 cm³/mol. The van der Waals surface area contributed by atoms with Gasteiger partial charge in [0.05, 0.1) is 12.3 Å². The van der Waals surface area contributed by atoms with Gasteiger partial charge < -0.3 is 20.6 Å². The number of aliphatic hydroxyl groups is 1. The van der Waals surface area contributed by atoms with Crippen molar-refractivity contribution in [2.45, 2.75) is 44.9 Å². The zero-order chi connectivity index (χ0) is 15.7. The number of aliphatic hydroxyl groups excluding tert-OH is 1. The fraction of sp³-hybridized carbons (Fsp3) is 0.583. The van der Waals surface area contributed by atoms with E-state index in [0.717, 1.165) is 0 Å². The first-order valence-electron chi connectivity index (χ1n) is 5.93. The smallest absolute Gasteiger partial charge is 0.328 e. The molecule has 2 atom stereocenters. The molecule has 0 saturated carbocycles. The van der Waals surface area contributed by atoms with Crippen molar-refractivity contribution in [2.75, 3.05) is 0 Å². The molecule has 0 saturated heterocycles. The fourth-order valence-electron chi connectivity index (χ4n) is 1.23. The maximum atomic E-state index is 11.7. The SMILES string of the molecule is CC(C)OC(=O)[C@H](CCC(=O)C=N)NC(=O)[C@H](O)C#N. The van der Waals surface area contributed by atoms with Crippen molar-refractivity contribution >= 4 is 23.9 Å². The van der Waals surface area contributed by atoms with Crippen LogP contribution in [0, 0.1) is 16.7 Å². The molecule has 0 bridgehead atoms. The van der Waals surface area contributed by atoms with Crippen LogP contribution in [0.4, 0.5) is 0 Å². The Hall–Kier alpha value is -2.27. The van der Waals surface area contributed by atoms with Gasteiger partial charge in [-0.2, -0.15) is 5.26 Å². The molecule has 1 amide bonds. The minimum absolute atomic E-state index is 0.0797. The third-order valence-electron chi connectivity index (χ3n) is 2.16. The first-order valence-corrected chi connectivity index (χ1v) is 5.93. The number of nitriles is 1. The Bertz CT molecular complexity index is 427. The van der Waals surface area contributed by atoms with Crippen molar-refractivity contribution in [3.05, 3.63) is 0 Å². The molecule has 20 heavy (non-hydrogen) atoms. The predicted octanol–water partition coefficient (Wildman–Crippen LogP) is -0.694. The molecule has 8 nitrogen and oxygen atoms in total. The van der Waals surface area contributed by atoms with Gasteiger partial charge in [0.2, 0.25) is 6.10 Å². The molecule has 0 aromatic carbocycles. The van der Waals surface area contributed by atoms with Gasteiger partial charge in [0.25, 0.3) is 5.91 Å². The second-order valence-corrected chi connectivity index (χ2v) is 4.23. The number of rotatable bonds is 8. The standard InChI is InChI=1S/C12H17N3O5/c1-7(2)20-12(19)9(4-3-8(16)5-13)15-11(18)10(17)6-14/h5,7,9-10,13,17H,3-4H2,1-2H3,(H,15,18)/t9-,10+/m0/s1. The summed E-state index contributed by atoms with van der Waals surface area (Å²) in [6.45, 7) is 3.23. The van der Waals surface area contributed by atoms with Gasteiger partial charge in [0.15, 0.2) is 5.78 Å². The van der Waals surface area contributed by atoms with Gasteiger partial charge in [-0.25, -0.2) is 4.79 Å². The number of Topliss-reactive ketones (excluding diaryl/α,β-unsaturated/α-hetero) is 1. The summed E-state index contributed by atoms with van der Waals surface area (Å²) in [5.41, 5.74) is 0. The highest BCUT2D eigenvalue weighted by Gasteiger charge is 2.26. The summed E-state index contributed by atoms with van der Waals surface area (Å²) in [5.74, 6) is -2.32. The molecule has 0 heterocycles. The van der Waals surface area contributed by atoms with Crippen molar-refractivity contribution in [2.24, 2.45) is 0 Å². The molecule has 0 aliphatic heterocycles. The number of ether oxygens (including phenoxy) is 1. The molecule has 0 aliphatic carbocycles. The van der Waals surface area contributed by atoms with E-state index in [1.54, 1.807) is 13.8 Å². The monoisotopic (exact) mass is 283 g/mol. The summed E-state index contributed by atoms with van der Waals surface area (Å²) in [6, 6.07) is 0.158. The topological polar surface area (TPSA) is 140 Å². The lowest BCUT2D eigenvalue weighted by Gasteiger charge is -2.19. The van der Waals surface area contributed by atoms with Gasteiger partial charge in [0.1, 0.15) is 12.1 Å². The zero-order valence-corrected chi connectivity index (χ0v) is 11.3. The van der Waals surface area contributed by atoms with Gasteiger partial charge in [-0.3, -0.25) is 9.59 Å². The van der Waals surface area contributed by atoms with E-state index in [0.29, 0.717) is 6.21 Å². The maximum Gasteiger partial charge on any atom is 0.328 e. The Balaban J connectivity index is 4.74. The molecule has 3 N–H and O–H groups in total. The minimum Gasteiger partial charge on any atom is -0.461 e. The van der Waals surface area contributed by atoms with Crippen molar-refractivity contribution in [1.82, 2.24) is 5.32 Å². The van der Waals surface area contributed by atoms with Crippen molar-refractivity contribution in [1.29, 1.82) is 10.7 Å². The average molecular weight is 283 g/mol. The lowest BCUT2D eigenvalue weighted by molar-refractivity contribution is -0.152. The third-order valence-corrected chi connectivity index (χ3v) is 2.16. The lowest BCUT2D eigenvalue weighted by Crippen LogP contribution is -2.46. The van der Waals surface area contributed by atoms with Gasteiger partial charge in [-0.15, -0.1) is 0 Å². The Morgan fingerprint density at radius 1 is 1.45 bits per heavy atom. The van der Waals surface area contributed by atoms with E-state index in [2.05, 4.69) is 5.32 Å². The third kappa shape index (κ3) is 6.61. The first-order chi connectivity index (χ1) is 9.31. The van der Waals surface area contributed by atoms with Gasteiger partial charge in [0, 0.05) is 6.42 Å². The molecule has 110 valence electrons. The van der Waals surface area contributed by atoms with Crippen LogP contribution < -0.4 is 5.32 Å². The van der Waals surface area contributed by atoms with Gasteiger partial charge in [-0.1, -0.05) is 0 Å². The van der Waals surface area contributed by atoms with Crippen LogP contribution in [0.1, 0.15) is 26.7 Å². The molecule has 0 radical (unpaired) electrons. The summed E-state index contributed by atoms with van der Waals surface area (Å²) in [4.78, 5) is 34.1. The van der Waals surface area contributed by atoms with Crippen LogP contribution in [0.25, 0.3) is 0 Å². The molecule has 0 fully saturated rings. The Labute approximate surface area is 116 Å². The van der Waals surface area contributed by atoms with Crippen LogP contribution in [-0.2, 0) is 19.1 Å². The van der Waals surface area contributed by atoms with E-state index in [4.69, 9.17) is 20.5 Å². The van der Waals surface area contributed by atoms with E-state index in [1.807, 2.05) is 0 Å². The number of nitrogens with zero attached hydrogens (tertiary/aromatic N) is 1. The van der Waals surface area contributed by atoms with Crippen LogP contribution in [0.15, 0.2) is 0 Å². The van der Waals surface area contributed by atoms with E-state index in [9.17, 15) is 14.4 Å². The van der Waals surface area contributed by atoms with E-state index < -0.39 is 35.9 Å². The molecule has 0 rings (SSSR count). The van der Waals surface area contributed by atoms with E-state index in [-0.39, 0.29) is 12.8 Å². The van der Waals surface area contributed by atoms with Crippen molar-refractivity contribution in [3.63, 3.8) is 0 Å². The number of esters is 1. The molecular weight excluding hydrogens is 266 g/mol. The Kier molecular flexibility index (Phi) is 7.77. The molecule has 0 unspecified atom stereocenters. The summed E-state index contributed by atoms with van der Waals surface area (Å²) in [6.07, 6.45) is -1.92. The van der Waals surface area contributed by atoms with E-state index in [1.165, 1.54) is 6.07 Å². The van der Waals surface area contributed by atoms with Gasteiger partial charge in [-0.05, 0) is 20.3 Å². The number of hydrogen-bond donors (Lipinski definition) is 3. The molecule has 0 aliphatic rings. The number of carbonyl (C=O) groups is 3. The summed E-state index contributed by atoms with van der Waals surface area (Å²) < 4.78 is 4.91. The number of nitrogens with one attached hydrogen (secondary N) is 2. The molecule has 0 aromatic rings. The largest absolute Gasteiger partial charge is 0.461 e. The van der Waals surface area contributed by atoms with Gasteiger partial charge >= 0.3 is 5.97 Å². The zero-order valence-electron chi connectivity index (χ0n) is 11.3. The Morgan fingerprint density at radius 2 is 2.05 bits per heavy atom. The second kappa shape index (κ2) is 8.77. The normalized spacial score (nSPS) is 12.9. The van der Waals surface area contributed by atoms with Crippen LogP contribution in [0.3, 0.4) is 0 Å². The number of ketones is 1. The highest BCUT2D eigenvalue weighted by atomic mass is 16.5. The maximum absolute atomic E-state index is 11.7. The number of amides is 1. The highest BCUT2D eigenvalue weighted by Crippen LogP contribution is 2.04. The summed E-state index contributed by atoms with van der Waals surface area (Å²) >= 11 is 0. The van der Waals surface area contributed by atoms with Crippen LogP contribution in [0.5, 0.6) is 0 Å². The fourth-order valence-corrected chi connectivity index (χ4v) is 1.23. The van der Waals surface area contributed by atoms with Crippen LogP contribution >= 0.6 is 0 Å². The molecular formula is C12H17N3O5. The lowest BCUT2D eigenvalue weighted by atomic mass is 10.1. The van der Waals surface area contributed by atoms with Crippen LogP contribution in [-0.4, -0.2) is 47.2 Å². The minimum atomic E-state index is -1.90. The van der Waals surface area contributed by atoms with Crippen molar-refractivity contribution < 1.29 is 24.2 Å². The molecule has 8 heteroatoms. The first kappa shape index (κ1) is 17.7. The van der Waals surface area contributed by atoms with Crippen molar-refractivity contribution in [3.8, 4) is 6.07 Å². The number of hydrogen-bond acceptors (Lipinski definition) is 7. The summed E-state index contributed by atoms with van der Waals surface area (Å²) in [5, 5.41) is 26.3. The quantitative estimate of drug-likeness (QED) is 0.306.